The number of aromatic carboxylic acids is 1. The molecular weight excluding hydrogens is 234 g/mol. The minimum atomic E-state index is -1.24. The van der Waals surface area contributed by atoms with Gasteiger partial charge in [-0.15, -0.1) is 0 Å². The Hall–Kier alpha value is -2.04. The van der Waals surface area contributed by atoms with Gasteiger partial charge in [-0.25, -0.2) is 4.79 Å². The van der Waals surface area contributed by atoms with Gasteiger partial charge >= 0.3 is 5.97 Å². The van der Waals surface area contributed by atoms with Gasteiger partial charge in [-0.3, -0.25) is 4.79 Å². The first-order valence-electron chi connectivity index (χ1n) is 5.84. The fraction of sp³-hybridized carbons (Fsp3) is 0.385. The number of carbonyl (C=O) groups excluding carboxylic acids is 1. The van der Waals surface area contributed by atoms with Crippen molar-refractivity contribution < 1.29 is 19.8 Å². The summed E-state index contributed by atoms with van der Waals surface area (Å²) in [5.74, 6) is -1.27. The molecule has 1 saturated heterocycles. The van der Waals surface area contributed by atoms with Crippen LogP contribution in [-0.4, -0.2) is 40.1 Å². The zero-order valence-electron chi connectivity index (χ0n) is 10.1. The second-order valence-corrected chi connectivity index (χ2v) is 4.68. The fourth-order valence-electron chi connectivity index (χ4n) is 2.14. The van der Waals surface area contributed by atoms with E-state index in [2.05, 4.69) is 6.92 Å². The number of amides is 1. The zero-order chi connectivity index (χ0) is 13.3. The molecule has 0 aromatic heterocycles. The van der Waals surface area contributed by atoms with E-state index >= 15 is 0 Å². The summed E-state index contributed by atoms with van der Waals surface area (Å²) < 4.78 is 0. The molecule has 1 aliphatic rings. The predicted molar refractivity (Wildman–Crippen MR) is 64.8 cm³/mol. The van der Waals surface area contributed by atoms with E-state index < -0.39 is 5.97 Å². The van der Waals surface area contributed by atoms with Gasteiger partial charge in [-0.2, -0.15) is 0 Å². The number of hydrogen-bond acceptors (Lipinski definition) is 3. The lowest BCUT2D eigenvalue weighted by Gasteiger charge is -2.16. The molecule has 5 nitrogen and oxygen atoms in total. The van der Waals surface area contributed by atoms with Crippen molar-refractivity contribution in [2.75, 3.05) is 13.1 Å². The molecule has 1 aliphatic heterocycles. The second kappa shape index (κ2) is 4.68. The number of benzene rings is 1. The molecule has 1 aromatic carbocycles. The number of likely N-dealkylation sites (tertiary alicyclic amines) is 1. The SMILES string of the molecule is CC1CCN(C(=O)c2ccc(O)c(C(=O)O)c2)C1. The van der Waals surface area contributed by atoms with E-state index in [4.69, 9.17) is 5.11 Å². The summed E-state index contributed by atoms with van der Waals surface area (Å²) >= 11 is 0. The highest BCUT2D eigenvalue weighted by atomic mass is 16.4. The van der Waals surface area contributed by atoms with Crippen molar-refractivity contribution in [2.24, 2.45) is 5.92 Å². The van der Waals surface area contributed by atoms with Crippen molar-refractivity contribution in [1.29, 1.82) is 0 Å². The number of hydrogen-bond donors (Lipinski definition) is 2. The van der Waals surface area contributed by atoms with Crippen molar-refractivity contribution in [3.8, 4) is 5.75 Å². The first kappa shape index (κ1) is 12.4. The molecule has 0 radical (unpaired) electrons. The van der Waals surface area contributed by atoms with E-state index in [-0.39, 0.29) is 17.2 Å². The van der Waals surface area contributed by atoms with Crippen molar-refractivity contribution >= 4 is 11.9 Å². The third-order valence-electron chi connectivity index (χ3n) is 3.19. The van der Waals surface area contributed by atoms with Gasteiger partial charge in [0.05, 0.1) is 0 Å². The van der Waals surface area contributed by atoms with E-state index in [1.807, 2.05) is 0 Å². The van der Waals surface area contributed by atoms with Crippen LogP contribution < -0.4 is 0 Å². The molecule has 1 heterocycles. The third kappa shape index (κ3) is 2.30. The molecule has 1 atom stereocenters. The first-order chi connectivity index (χ1) is 8.49. The quantitative estimate of drug-likeness (QED) is 0.834. The van der Waals surface area contributed by atoms with Crippen LogP contribution in [0.2, 0.25) is 0 Å². The van der Waals surface area contributed by atoms with Crippen LogP contribution in [0, 0.1) is 5.92 Å². The molecular formula is C13H15NO4. The number of phenols is 1. The molecule has 2 rings (SSSR count). The molecule has 0 aliphatic carbocycles. The molecule has 1 aromatic rings. The predicted octanol–water partition coefficient (Wildman–Crippen LogP) is 1.57. The maximum Gasteiger partial charge on any atom is 0.339 e. The smallest absolute Gasteiger partial charge is 0.339 e. The van der Waals surface area contributed by atoms with Gasteiger partial charge in [0.15, 0.2) is 0 Å². The Labute approximate surface area is 105 Å². The molecule has 1 amide bonds. The Morgan fingerprint density at radius 1 is 1.39 bits per heavy atom. The maximum atomic E-state index is 12.1. The van der Waals surface area contributed by atoms with Gasteiger partial charge in [0.25, 0.3) is 5.91 Å². The van der Waals surface area contributed by atoms with Crippen LogP contribution in [0.4, 0.5) is 0 Å². The Morgan fingerprint density at radius 2 is 2.11 bits per heavy atom. The lowest BCUT2D eigenvalue weighted by atomic mass is 10.1. The van der Waals surface area contributed by atoms with Crippen LogP contribution >= 0.6 is 0 Å². The highest BCUT2D eigenvalue weighted by Gasteiger charge is 2.25. The minimum absolute atomic E-state index is 0.179. The Morgan fingerprint density at radius 3 is 2.67 bits per heavy atom. The van der Waals surface area contributed by atoms with Crippen LogP contribution in [-0.2, 0) is 0 Å². The second-order valence-electron chi connectivity index (χ2n) is 4.68. The molecule has 1 unspecified atom stereocenters. The summed E-state index contributed by atoms with van der Waals surface area (Å²) in [6.45, 7) is 3.47. The van der Waals surface area contributed by atoms with Crippen LogP contribution in [0.15, 0.2) is 18.2 Å². The van der Waals surface area contributed by atoms with Gasteiger partial charge in [0.1, 0.15) is 11.3 Å². The van der Waals surface area contributed by atoms with Crippen LogP contribution in [0.1, 0.15) is 34.1 Å². The normalized spacial score (nSPS) is 18.9. The van der Waals surface area contributed by atoms with E-state index in [9.17, 15) is 14.7 Å². The van der Waals surface area contributed by atoms with Crippen molar-refractivity contribution in [3.63, 3.8) is 0 Å². The summed E-state index contributed by atoms with van der Waals surface area (Å²) in [5, 5.41) is 18.3. The number of carbonyl (C=O) groups is 2. The fourth-order valence-corrected chi connectivity index (χ4v) is 2.14. The number of carboxylic acids is 1. The highest BCUT2D eigenvalue weighted by molar-refractivity contribution is 5.98. The van der Waals surface area contributed by atoms with Crippen molar-refractivity contribution in [2.45, 2.75) is 13.3 Å². The molecule has 0 spiro atoms. The largest absolute Gasteiger partial charge is 0.507 e. The van der Waals surface area contributed by atoms with Crippen LogP contribution in [0.25, 0.3) is 0 Å². The molecule has 96 valence electrons. The third-order valence-corrected chi connectivity index (χ3v) is 3.19. The number of carboxylic acid groups (broad SMARTS) is 1. The first-order valence-corrected chi connectivity index (χ1v) is 5.84. The summed E-state index contributed by atoms with van der Waals surface area (Å²) in [7, 11) is 0. The molecule has 18 heavy (non-hydrogen) atoms. The lowest BCUT2D eigenvalue weighted by Crippen LogP contribution is -2.28. The van der Waals surface area contributed by atoms with E-state index in [1.54, 1.807) is 4.90 Å². The summed E-state index contributed by atoms with van der Waals surface area (Å²) in [6.07, 6.45) is 0.968. The lowest BCUT2D eigenvalue weighted by molar-refractivity contribution is 0.0693. The van der Waals surface area contributed by atoms with Crippen LogP contribution in [0.5, 0.6) is 5.75 Å². The zero-order valence-corrected chi connectivity index (χ0v) is 10.1. The molecule has 1 fully saturated rings. The standard InChI is InChI=1S/C13H15NO4/c1-8-4-5-14(7-8)12(16)9-2-3-11(15)10(6-9)13(17)18/h2-3,6,8,15H,4-5,7H2,1H3,(H,17,18). The molecule has 2 N–H and O–H groups in total. The van der Waals surface area contributed by atoms with Crippen molar-refractivity contribution in [1.82, 2.24) is 4.90 Å². The van der Waals surface area contributed by atoms with Gasteiger partial charge in [-0.05, 0) is 30.5 Å². The number of nitrogens with zero attached hydrogens (tertiary/aromatic N) is 1. The topological polar surface area (TPSA) is 77.8 Å². The van der Waals surface area contributed by atoms with Crippen LogP contribution in [0.3, 0.4) is 0 Å². The number of aromatic hydroxyl groups is 1. The molecule has 0 saturated carbocycles. The highest BCUT2D eigenvalue weighted by Crippen LogP contribution is 2.22. The van der Waals surface area contributed by atoms with Gasteiger partial charge in [-0.1, -0.05) is 6.92 Å². The maximum absolute atomic E-state index is 12.1. The Bertz CT molecular complexity index is 498. The van der Waals surface area contributed by atoms with E-state index in [0.29, 0.717) is 24.6 Å². The number of rotatable bonds is 2. The monoisotopic (exact) mass is 249 g/mol. The average molecular weight is 249 g/mol. The van der Waals surface area contributed by atoms with E-state index in [1.165, 1.54) is 18.2 Å². The molecule has 5 heteroatoms. The van der Waals surface area contributed by atoms with Crippen molar-refractivity contribution in [3.05, 3.63) is 29.3 Å². The minimum Gasteiger partial charge on any atom is -0.507 e. The van der Waals surface area contributed by atoms with Gasteiger partial charge in [0, 0.05) is 18.7 Å². The summed E-state index contributed by atoms with van der Waals surface area (Å²) in [6, 6.07) is 3.92. The Kier molecular flexibility index (Phi) is 3.23. The molecule has 0 bridgehead atoms. The summed E-state index contributed by atoms with van der Waals surface area (Å²) in [4.78, 5) is 24.7. The Balaban J connectivity index is 2.26. The average Bonchev–Trinajstić information content (AvgIpc) is 2.75. The van der Waals surface area contributed by atoms with E-state index in [0.717, 1.165) is 6.42 Å². The van der Waals surface area contributed by atoms with Gasteiger partial charge in [0.2, 0.25) is 0 Å². The van der Waals surface area contributed by atoms with Gasteiger partial charge < -0.3 is 15.1 Å². The summed E-state index contributed by atoms with van der Waals surface area (Å²) in [5.41, 5.74) is 0.0624.